The number of carbonyl (C=O) groups is 1. The Labute approximate surface area is 138 Å². The molecule has 3 nitrogen and oxygen atoms in total. The average Bonchev–Trinajstić information content (AvgIpc) is 2.88. The Balaban J connectivity index is 0.00000161. The molecular weight excluding hydrogens is 329 g/mol. The van der Waals surface area contributed by atoms with E-state index in [9.17, 15) is 9.90 Å². The SMILES string of the molecule is Cl.O=C(O)[C@@H](c1ccccc1Cl)N1CCc2sccc2C1. The van der Waals surface area contributed by atoms with Gasteiger partial charge in [0.25, 0.3) is 0 Å². The molecule has 1 aromatic heterocycles. The van der Waals surface area contributed by atoms with Gasteiger partial charge in [-0.15, -0.1) is 23.7 Å². The molecule has 0 radical (unpaired) electrons. The number of halogens is 2. The molecule has 0 unspecified atom stereocenters. The molecule has 1 aliphatic heterocycles. The predicted molar refractivity (Wildman–Crippen MR) is 87.5 cm³/mol. The second kappa shape index (κ2) is 6.79. The van der Waals surface area contributed by atoms with E-state index in [0.717, 1.165) is 13.0 Å². The molecule has 21 heavy (non-hydrogen) atoms. The molecule has 0 amide bonds. The summed E-state index contributed by atoms with van der Waals surface area (Å²) in [6, 6.07) is 8.58. The smallest absolute Gasteiger partial charge is 0.325 e. The maximum atomic E-state index is 11.7. The molecule has 2 aromatic rings. The number of hydrogen-bond donors (Lipinski definition) is 1. The van der Waals surface area contributed by atoms with Gasteiger partial charge in [-0.3, -0.25) is 9.69 Å². The molecular formula is C15H15Cl2NO2S. The van der Waals surface area contributed by atoms with Gasteiger partial charge in [-0.25, -0.2) is 0 Å². The Bertz CT molecular complexity index is 644. The Kier molecular flexibility index (Phi) is 5.27. The molecule has 0 bridgehead atoms. The van der Waals surface area contributed by atoms with Crippen molar-refractivity contribution in [3.05, 3.63) is 56.7 Å². The number of carboxylic acid groups (broad SMARTS) is 1. The number of nitrogens with zero attached hydrogens (tertiary/aromatic N) is 1. The fourth-order valence-corrected chi connectivity index (χ4v) is 3.80. The zero-order valence-corrected chi connectivity index (χ0v) is 13.5. The van der Waals surface area contributed by atoms with Crippen LogP contribution < -0.4 is 0 Å². The summed E-state index contributed by atoms with van der Waals surface area (Å²) in [6.07, 6.45) is 0.904. The lowest BCUT2D eigenvalue weighted by atomic mass is 10.0. The first-order valence-corrected chi connectivity index (χ1v) is 7.69. The van der Waals surface area contributed by atoms with Gasteiger partial charge in [0.1, 0.15) is 6.04 Å². The van der Waals surface area contributed by atoms with Crippen molar-refractivity contribution in [2.75, 3.05) is 6.54 Å². The third-order valence-electron chi connectivity index (χ3n) is 3.64. The molecule has 0 fully saturated rings. The highest BCUT2D eigenvalue weighted by molar-refractivity contribution is 7.10. The summed E-state index contributed by atoms with van der Waals surface area (Å²) >= 11 is 7.92. The zero-order chi connectivity index (χ0) is 14.1. The molecule has 0 spiro atoms. The number of benzene rings is 1. The van der Waals surface area contributed by atoms with E-state index in [4.69, 9.17) is 11.6 Å². The molecule has 0 saturated heterocycles. The van der Waals surface area contributed by atoms with Crippen molar-refractivity contribution < 1.29 is 9.90 Å². The zero-order valence-electron chi connectivity index (χ0n) is 11.2. The fraction of sp³-hybridized carbons (Fsp3) is 0.267. The molecule has 1 aliphatic rings. The van der Waals surface area contributed by atoms with Crippen LogP contribution in [0.15, 0.2) is 35.7 Å². The minimum absolute atomic E-state index is 0. The van der Waals surface area contributed by atoms with Gasteiger partial charge in [0, 0.05) is 23.0 Å². The molecule has 1 N–H and O–H groups in total. The minimum Gasteiger partial charge on any atom is -0.480 e. The van der Waals surface area contributed by atoms with Gasteiger partial charge < -0.3 is 5.11 Å². The first-order chi connectivity index (χ1) is 9.66. The van der Waals surface area contributed by atoms with Crippen LogP contribution in [0, 0.1) is 0 Å². The van der Waals surface area contributed by atoms with Crippen LogP contribution in [0.4, 0.5) is 0 Å². The second-order valence-electron chi connectivity index (χ2n) is 4.85. The molecule has 1 aromatic carbocycles. The first kappa shape index (κ1) is 16.3. The number of rotatable bonds is 3. The third-order valence-corrected chi connectivity index (χ3v) is 5.00. The van der Waals surface area contributed by atoms with Crippen LogP contribution in [-0.4, -0.2) is 22.5 Å². The van der Waals surface area contributed by atoms with E-state index in [1.165, 1.54) is 10.4 Å². The van der Waals surface area contributed by atoms with Crippen LogP contribution in [0.25, 0.3) is 0 Å². The van der Waals surface area contributed by atoms with Gasteiger partial charge in [0.15, 0.2) is 0 Å². The van der Waals surface area contributed by atoms with Crippen molar-refractivity contribution in [2.24, 2.45) is 0 Å². The molecule has 0 aliphatic carbocycles. The molecule has 112 valence electrons. The number of thiophene rings is 1. The maximum Gasteiger partial charge on any atom is 0.325 e. The van der Waals surface area contributed by atoms with Crippen LogP contribution in [-0.2, 0) is 17.8 Å². The summed E-state index contributed by atoms with van der Waals surface area (Å²) in [6.45, 7) is 1.41. The van der Waals surface area contributed by atoms with Crippen molar-refractivity contribution in [1.82, 2.24) is 4.90 Å². The van der Waals surface area contributed by atoms with Crippen molar-refractivity contribution in [3.8, 4) is 0 Å². The van der Waals surface area contributed by atoms with Crippen molar-refractivity contribution >= 4 is 41.3 Å². The summed E-state index contributed by atoms with van der Waals surface area (Å²) in [5.41, 5.74) is 1.90. The summed E-state index contributed by atoms with van der Waals surface area (Å²) in [7, 11) is 0. The largest absolute Gasteiger partial charge is 0.480 e. The van der Waals surface area contributed by atoms with Gasteiger partial charge >= 0.3 is 5.97 Å². The number of hydrogen-bond acceptors (Lipinski definition) is 3. The summed E-state index contributed by atoms with van der Waals surface area (Å²) in [5, 5.41) is 12.2. The molecule has 2 heterocycles. The molecule has 3 rings (SSSR count). The van der Waals surface area contributed by atoms with Gasteiger partial charge in [0.2, 0.25) is 0 Å². The Morgan fingerprint density at radius 3 is 2.81 bits per heavy atom. The van der Waals surface area contributed by atoms with Crippen LogP contribution in [0.5, 0.6) is 0 Å². The lowest BCUT2D eigenvalue weighted by molar-refractivity contribution is -0.144. The normalized spacial score (nSPS) is 15.9. The van der Waals surface area contributed by atoms with Gasteiger partial charge in [-0.2, -0.15) is 0 Å². The second-order valence-corrected chi connectivity index (χ2v) is 6.26. The highest BCUT2D eigenvalue weighted by atomic mass is 35.5. The first-order valence-electron chi connectivity index (χ1n) is 6.43. The quantitative estimate of drug-likeness (QED) is 0.915. The monoisotopic (exact) mass is 343 g/mol. The minimum atomic E-state index is -0.850. The van der Waals surface area contributed by atoms with E-state index in [-0.39, 0.29) is 12.4 Å². The molecule has 0 saturated carbocycles. The predicted octanol–water partition coefficient (Wildman–Crippen LogP) is 4.01. The summed E-state index contributed by atoms with van der Waals surface area (Å²) in [4.78, 5) is 15.1. The van der Waals surface area contributed by atoms with Crippen LogP contribution in [0.1, 0.15) is 22.0 Å². The number of carboxylic acids is 1. The van der Waals surface area contributed by atoms with Gasteiger partial charge in [-0.1, -0.05) is 29.8 Å². The molecule has 1 atom stereocenters. The standard InChI is InChI=1S/C15H14ClNO2S.ClH/c16-12-4-2-1-3-11(12)14(15(18)19)17-7-5-13-10(9-17)6-8-20-13;/h1-4,6,8,14H,5,7,9H2,(H,18,19);1H/t14-;/m1./s1. The highest BCUT2D eigenvalue weighted by Gasteiger charge is 2.31. The number of fused-ring (bicyclic) bond motifs is 1. The van der Waals surface area contributed by atoms with E-state index in [1.54, 1.807) is 23.5 Å². The van der Waals surface area contributed by atoms with Crippen LogP contribution in [0.3, 0.4) is 0 Å². The van der Waals surface area contributed by atoms with E-state index in [2.05, 4.69) is 11.4 Å². The fourth-order valence-electron chi connectivity index (χ4n) is 2.67. The van der Waals surface area contributed by atoms with E-state index in [0.29, 0.717) is 17.1 Å². The highest BCUT2D eigenvalue weighted by Crippen LogP contribution is 2.33. The van der Waals surface area contributed by atoms with Crippen molar-refractivity contribution in [3.63, 3.8) is 0 Å². The number of aliphatic carboxylic acids is 1. The lowest BCUT2D eigenvalue weighted by Crippen LogP contribution is -2.37. The third kappa shape index (κ3) is 3.24. The van der Waals surface area contributed by atoms with Gasteiger partial charge in [0.05, 0.1) is 0 Å². The van der Waals surface area contributed by atoms with E-state index < -0.39 is 12.0 Å². The Morgan fingerprint density at radius 1 is 1.33 bits per heavy atom. The lowest BCUT2D eigenvalue weighted by Gasteiger charge is -2.32. The van der Waals surface area contributed by atoms with E-state index >= 15 is 0 Å². The van der Waals surface area contributed by atoms with Crippen LogP contribution in [0.2, 0.25) is 5.02 Å². The summed E-state index contributed by atoms with van der Waals surface area (Å²) < 4.78 is 0. The molecule has 6 heteroatoms. The van der Waals surface area contributed by atoms with E-state index in [1.807, 2.05) is 17.0 Å². The van der Waals surface area contributed by atoms with Crippen molar-refractivity contribution in [1.29, 1.82) is 0 Å². The average molecular weight is 344 g/mol. The summed E-state index contributed by atoms with van der Waals surface area (Å²) in [5.74, 6) is -0.850. The Hall–Kier alpha value is -1.07. The van der Waals surface area contributed by atoms with Crippen molar-refractivity contribution in [2.45, 2.75) is 19.0 Å². The topological polar surface area (TPSA) is 40.5 Å². The Morgan fingerprint density at radius 2 is 2.10 bits per heavy atom. The maximum absolute atomic E-state index is 11.7. The van der Waals surface area contributed by atoms with Crippen LogP contribution >= 0.6 is 35.3 Å². The van der Waals surface area contributed by atoms with Gasteiger partial charge in [-0.05, 0) is 35.1 Å².